The van der Waals surface area contributed by atoms with E-state index in [-0.39, 0.29) is 18.3 Å². The largest absolute Gasteiger partial charge is 0.496 e. The fraction of sp³-hybridized carbons (Fsp3) is 0.294. The summed E-state index contributed by atoms with van der Waals surface area (Å²) in [6.45, 7) is 2.69. The van der Waals surface area contributed by atoms with E-state index in [1.54, 1.807) is 31.6 Å². The molecule has 0 saturated heterocycles. The third kappa shape index (κ3) is 4.74. The van der Waals surface area contributed by atoms with E-state index in [2.05, 4.69) is 29.4 Å². The van der Waals surface area contributed by atoms with Crippen molar-refractivity contribution in [3.05, 3.63) is 59.4 Å². The maximum absolute atomic E-state index is 11.9. The van der Waals surface area contributed by atoms with Crippen molar-refractivity contribution >= 4 is 18.3 Å². The van der Waals surface area contributed by atoms with Crippen LogP contribution in [0.15, 0.2) is 42.7 Å². The molecule has 0 atom stereocenters. The van der Waals surface area contributed by atoms with Gasteiger partial charge in [-0.05, 0) is 42.2 Å². The van der Waals surface area contributed by atoms with Crippen molar-refractivity contribution < 1.29 is 9.53 Å². The molecule has 0 spiro atoms. The third-order valence-corrected chi connectivity index (χ3v) is 3.36. The van der Waals surface area contributed by atoms with Gasteiger partial charge in [-0.15, -0.1) is 12.4 Å². The SMILES string of the molecule is CCc1ccc(OC)c(CCNC(=O)c2cccnc2)c1.Cl. The number of methoxy groups -OCH3 is 1. The van der Waals surface area contributed by atoms with Crippen LogP contribution in [0.4, 0.5) is 0 Å². The van der Waals surface area contributed by atoms with Crippen LogP contribution in [0.1, 0.15) is 28.4 Å². The maximum atomic E-state index is 11.9. The Morgan fingerprint density at radius 1 is 1.32 bits per heavy atom. The van der Waals surface area contributed by atoms with Crippen molar-refractivity contribution in [1.29, 1.82) is 0 Å². The summed E-state index contributed by atoms with van der Waals surface area (Å²) in [4.78, 5) is 15.9. The molecule has 0 fully saturated rings. The molecule has 5 heteroatoms. The second-order valence-electron chi connectivity index (χ2n) is 4.75. The Kier molecular flexibility index (Phi) is 7.40. The van der Waals surface area contributed by atoms with Crippen molar-refractivity contribution in [3.63, 3.8) is 0 Å². The number of halogens is 1. The minimum atomic E-state index is -0.103. The lowest BCUT2D eigenvalue weighted by molar-refractivity contribution is 0.0953. The fourth-order valence-electron chi connectivity index (χ4n) is 2.16. The molecule has 2 rings (SSSR count). The second-order valence-corrected chi connectivity index (χ2v) is 4.75. The van der Waals surface area contributed by atoms with E-state index in [4.69, 9.17) is 4.74 Å². The lowest BCUT2D eigenvalue weighted by atomic mass is 10.1. The highest BCUT2D eigenvalue weighted by molar-refractivity contribution is 5.93. The molecule has 1 aromatic heterocycles. The number of hydrogen-bond acceptors (Lipinski definition) is 3. The monoisotopic (exact) mass is 320 g/mol. The van der Waals surface area contributed by atoms with Crippen LogP contribution in [0.2, 0.25) is 0 Å². The van der Waals surface area contributed by atoms with Crippen LogP contribution >= 0.6 is 12.4 Å². The van der Waals surface area contributed by atoms with Gasteiger partial charge in [0.25, 0.3) is 5.91 Å². The first-order valence-electron chi connectivity index (χ1n) is 7.08. The Labute approximate surface area is 137 Å². The Hall–Kier alpha value is -2.07. The van der Waals surface area contributed by atoms with Crippen LogP contribution in [0.3, 0.4) is 0 Å². The van der Waals surface area contributed by atoms with Gasteiger partial charge in [0.05, 0.1) is 12.7 Å². The number of nitrogens with zero attached hydrogens (tertiary/aromatic N) is 1. The molecule has 22 heavy (non-hydrogen) atoms. The summed E-state index contributed by atoms with van der Waals surface area (Å²) in [5.41, 5.74) is 2.96. The first-order chi connectivity index (χ1) is 10.2. The lowest BCUT2D eigenvalue weighted by Gasteiger charge is -2.11. The molecule has 2 aromatic rings. The van der Waals surface area contributed by atoms with Crippen LogP contribution < -0.4 is 10.1 Å². The minimum Gasteiger partial charge on any atom is -0.496 e. The number of aromatic nitrogens is 1. The molecule has 0 radical (unpaired) electrons. The summed E-state index contributed by atoms with van der Waals surface area (Å²) < 4.78 is 5.36. The van der Waals surface area contributed by atoms with E-state index in [0.717, 1.165) is 24.2 Å². The molecule has 0 aliphatic rings. The summed E-state index contributed by atoms with van der Waals surface area (Å²) in [6, 6.07) is 9.69. The predicted octanol–water partition coefficient (Wildman–Crippen LogP) is 3.05. The molecule has 4 nitrogen and oxygen atoms in total. The first kappa shape index (κ1) is 18.0. The molecule has 0 saturated carbocycles. The van der Waals surface area contributed by atoms with Gasteiger partial charge in [0.15, 0.2) is 0 Å². The number of rotatable bonds is 6. The molecule has 1 amide bonds. The van der Waals surface area contributed by atoms with Gasteiger partial charge in [-0.2, -0.15) is 0 Å². The van der Waals surface area contributed by atoms with Crippen molar-refractivity contribution in [1.82, 2.24) is 10.3 Å². The summed E-state index contributed by atoms with van der Waals surface area (Å²) >= 11 is 0. The quantitative estimate of drug-likeness (QED) is 0.890. The molecule has 1 N–H and O–H groups in total. The number of nitrogens with one attached hydrogen (secondary N) is 1. The Morgan fingerprint density at radius 2 is 2.14 bits per heavy atom. The average molecular weight is 321 g/mol. The highest BCUT2D eigenvalue weighted by atomic mass is 35.5. The molecule has 0 bridgehead atoms. The van der Waals surface area contributed by atoms with E-state index in [9.17, 15) is 4.79 Å². The number of hydrogen-bond donors (Lipinski definition) is 1. The minimum absolute atomic E-state index is 0. The van der Waals surface area contributed by atoms with Gasteiger partial charge < -0.3 is 10.1 Å². The predicted molar refractivity (Wildman–Crippen MR) is 89.9 cm³/mol. The number of carbonyl (C=O) groups is 1. The standard InChI is InChI=1S/C17H20N2O2.ClH/c1-3-13-6-7-16(21-2)14(11-13)8-10-19-17(20)15-5-4-9-18-12-15;/h4-7,9,11-12H,3,8,10H2,1-2H3,(H,19,20);1H. The number of ether oxygens (including phenoxy) is 1. The first-order valence-corrected chi connectivity index (χ1v) is 7.08. The summed E-state index contributed by atoms with van der Waals surface area (Å²) in [7, 11) is 1.67. The van der Waals surface area contributed by atoms with E-state index in [1.165, 1.54) is 5.56 Å². The lowest BCUT2D eigenvalue weighted by Crippen LogP contribution is -2.25. The Morgan fingerprint density at radius 3 is 2.77 bits per heavy atom. The van der Waals surface area contributed by atoms with Gasteiger partial charge in [0.1, 0.15) is 5.75 Å². The zero-order chi connectivity index (χ0) is 15.1. The summed E-state index contributed by atoms with van der Waals surface area (Å²) in [5, 5.41) is 2.90. The van der Waals surface area contributed by atoms with Crippen LogP contribution in [0, 0.1) is 0 Å². The highest BCUT2D eigenvalue weighted by Crippen LogP contribution is 2.20. The van der Waals surface area contributed by atoms with Crippen LogP contribution in [-0.4, -0.2) is 24.5 Å². The molecule has 1 heterocycles. The zero-order valence-corrected chi connectivity index (χ0v) is 13.7. The normalized spacial score (nSPS) is 9.73. The Bertz CT molecular complexity index is 603. The highest BCUT2D eigenvalue weighted by Gasteiger charge is 2.07. The topological polar surface area (TPSA) is 51.2 Å². The van der Waals surface area contributed by atoms with Crippen LogP contribution in [0.25, 0.3) is 0 Å². The van der Waals surface area contributed by atoms with Crippen LogP contribution in [-0.2, 0) is 12.8 Å². The van der Waals surface area contributed by atoms with Gasteiger partial charge in [0.2, 0.25) is 0 Å². The summed E-state index contributed by atoms with van der Waals surface area (Å²) in [5.74, 6) is 0.761. The third-order valence-electron chi connectivity index (χ3n) is 3.36. The molecule has 0 unspecified atom stereocenters. The van der Waals surface area contributed by atoms with E-state index >= 15 is 0 Å². The number of amides is 1. The van der Waals surface area contributed by atoms with Gasteiger partial charge in [-0.25, -0.2) is 0 Å². The van der Waals surface area contributed by atoms with Gasteiger partial charge >= 0.3 is 0 Å². The second kappa shape index (κ2) is 9.05. The maximum Gasteiger partial charge on any atom is 0.252 e. The number of aryl methyl sites for hydroxylation is 1. The van der Waals surface area contributed by atoms with Crippen molar-refractivity contribution in [2.45, 2.75) is 19.8 Å². The van der Waals surface area contributed by atoms with E-state index < -0.39 is 0 Å². The number of benzene rings is 1. The van der Waals surface area contributed by atoms with Gasteiger partial charge in [-0.1, -0.05) is 19.1 Å². The summed E-state index contributed by atoms with van der Waals surface area (Å²) in [6.07, 6.45) is 4.94. The van der Waals surface area contributed by atoms with E-state index in [0.29, 0.717) is 12.1 Å². The molecular formula is C17H21ClN2O2. The zero-order valence-electron chi connectivity index (χ0n) is 12.8. The molecular weight excluding hydrogens is 300 g/mol. The molecule has 118 valence electrons. The van der Waals surface area contributed by atoms with Gasteiger partial charge in [-0.3, -0.25) is 9.78 Å². The van der Waals surface area contributed by atoms with Crippen molar-refractivity contribution in [3.8, 4) is 5.75 Å². The van der Waals surface area contributed by atoms with Crippen molar-refractivity contribution in [2.24, 2.45) is 0 Å². The number of carbonyl (C=O) groups excluding carboxylic acids is 1. The number of pyridine rings is 1. The fourth-order valence-corrected chi connectivity index (χ4v) is 2.16. The van der Waals surface area contributed by atoms with Gasteiger partial charge in [0, 0.05) is 18.9 Å². The molecule has 0 aliphatic heterocycles. The van der Waals surface area contributed by atoms with Crippen molar-refractivity contribution in [2.75, 3.05) is 13.7 Å². The van der Waals surface area contributed by atoms with Crippen LogP contribution in [0.5, 0.6) is 5.75 Å². The molecule has 0 aliphatic carbocycles. The smallest absolute Gasteiger partial charge is 0.252 e. The molecule has 1 aromatic carbocycles. The average Bonchev–Trinajstić information content (AvgIpc) is 2.55. The van der Waals surface area contributed by atoms with E-state index in [1.807, 2.05) is 6.07 Å². The Balaban J connectivity index is 0.00000242.